The number of rotatable bonds is 6. The van der Waals surface area contributed by atoms with Crippen LogP contribution in [-0.2, 0) is 9.84 Å². The molecule has 2 rings (SSSR count). The molecule has 1 aliphatic rings. The second-order valence-electron chi connectivity index (χ2n) is 5.82. The highest BCUT2D eigenvalue weighted by atomic mass is 32.2. The van der Waals surface area contributed by atoms with E-state index in [0.29, 0.717) is 24.3 Å². The summed E-state index contributed by atoms with van der Waals surface area (Å²) >= 11 is 0. The first-order valence-electron chi connectivity index (χ1n) is 7.74. The maximum Gasteiger partial charge on any atom is 0.150 e. The van der Waals surface area contributed by atoms with Gasteiger partial charge in [-0.05, 0) is 25.5 Å². The zero-order valence-electron chi connectivity index (χ0n) is 13.0. The molecule has 0 spiro atoms. The van der Waals surface area contributed by atoms with E-state index in [0.717, 1.165) is 19.6 Å². The summed E-state index contributed by atoms with van der Waals surface area (Å²) in [7, 11) is -2.86. The molecule has 1 aromatic carbocycles. The molecule has 21 heavy (non-hydrogen) atoms. The maximum atomic E-state index is 11.6. The fraction of sp³-hybridized carbons (Fsp3) is 0.625. The Morgan fingerprint density at radius 3 is 2.67 bits per heavy atom. The van der Waals surface area contributed by atoms with Gasteiger partial charge in [0.2, 0.25) is 0 Å². The van der Waals surface area contributed by atoms with Gasteiger partial charge in [-0.25, -0.2) is 8.42 Å². The largest absolute Gasteiger partial charge is 0.311 e. The molecule has 1 aromatic rings. The Bertz CT molecular complexity index is 530. The van der Waals surface area contributed by atoms with Crippen molar-refractivity contribution in [3.63, 3.8) is 0 Å². The zero-order valence-corrected chi connectivity index (χ0v) is 13.8. The van der Waals surface area contributed by atoms with Gasteiger partial charge in [-0.15, -0.1) is 0 Å². The van der Waals surface area contributed by atoms with Crippen LogP contribution in [0, 0.1) is 0 Å². The molecule has 1 aliphatic heterocycles. The Labute approximate surface area is 128 Å². The lowest BCUT2D eigenvalue weighted by Crippen LogP contribution is -2.51. The van der Waals surface area contributed by atoms with Crippen LogP contribution in [0.2, 0.25) is 0 Å². The lowest BCUT2D eigenvalue weighted by molar-refractivity contribution is 0.136. The lowest BCUT2D eigenvalue weighted by Gasteiger charge is -2.39. The van der Waals surface area contributed by atoms with E-state index in [-0.39, 0.29) is 5.75 Å². The molecule has 118 valence electrons. The molecule has 0 saturated carbocycles. The van der Waals surface area contributed by atoms with Crippen molar-refractivity contribution < 1.29 is 8.42 Å². The molecule has 1 N–H and O–H groups in total. The van der Waals surface area contributed by atoms with E-state index in [1.54, 1.807) is 6.92 Å². The Morgan fingerprint density at radius 2 is 2.00 bits per heavy atom. The molecule has 1 saturated heterocycles. The second-order valence-corrected chi connectivity index (χ2v) is 8.29. The van der Waals surface area contributed by atoms with Gasteiger partial charge in [0.1, 0.15) is 9.84 Å². The fourth-order valence-electron chi connectivity index (χ4n) is 2.87. The SMILES string of the molecule is CCS(=O)(=O)CCCN1CC(C)NCC1c1ccccc1. The van der Waals surface area contributed by atoms with Gasteiger partial charge in [-0.3, -0.25) is 4.90 Å². The first kappa shape index (κ1) is 16.5. The standard InChI is InChI=1S/C16H26N2O2S/c1-3-21(19,20)11-7-10-18-13-14(2)17-12-16(18)15-8-5-4-6-9-15/h4-6,8-9,14,16-17H,3,7,10-13H2,1-2H3. The molecule has 2 unspecified atom stereocenters. The normalized spacial score (nSPS) is 24.1. The summed E-state index contributed by atoms with van der Waals surface area (Å²) in [5.74, 6) is 0.538. The number of nitrogens with zero attached hydrogens (tertiary/aromatic N) is 1. The fourth-order valence-corrected chi connectivity index (χ4v) is 3.73. The highest BCUT2D eigenvalue weighted by molar-refractivity contribution is 7.91. The first-order chi connectivity index (χ1) is 10.0. The number of sulfone groups is 1. The van der Waals surface area contributed by atoms with Crippen molar-refractivity contribution in [2.75, 3.05) is 31.1 Å². The van der Waals surface area contributed by atoms with Crippen molar-refractivity contribution in [2.45, 2.75) is 32.4 Å². The molecule has 2 atom stereocenters. The highest BCUT2D eigenvalue weighted by Gasteiger charge is 2.26. The van der Waals surface area contributed by atoms with Crippen molar-refractivity contribution in [1.82, 2.24) is 10.2 Å². The van der Waals surface area contributed by atoms with Crippen molar-refractivity contribution >= 4 is 9.84 Å². The summed E-state index contributed by atoms with van der Waals surface area (Å²) in [4.78, 5) is 2.42. The van der Waals surface area contributed by atoms with E-state index < -0.39 is 9.84 Å². The molecule has 4 nitrogen and oxygen atoms in total. The average molecular weight is 310 g/mol. The van der Waals surface area contributed by atoms with Gasteiger partial charge < -0.3 is 5.32 Å². The third-order valence-electron chi connectivity index (χ3n) is 4.13. The number of hydrogen-bond acceptors (Lipinski definition) is 4. The molecular weight excluding hydrogens is 284 g/mol. The molecule has 0 amide bonds. The van der Waals surface area contributed by atoms with Gasteiger partial charge in [0.25, 0.3) is 0 Å². The van der Waals surface area contributed by atoms with Crippen LogP contribution in [0.25, 0.3) is 0 Å². The minimum atomic E-state index is -2.86. The number of hydrogen-bond donors (Lipinski definition) is 1. The third kappa shape index (κ3) is 4.80. The minimum Gasteiger partial charge on any atom is -0.311 e. The van der Waals surface area contributed by atoms with E-state index in [2.05, 4.69) is 41.4 Å². The summed E-state index contributed by atoms with van der Waals surface area (Å²) in [5, 5.41) is 3.52. The summed E-state index contributed by atoms with van der Waals surface area (Å²) in [6.07, 6.45) is 0.715. The molecule has 0 aromatic heterocycles. The van der Waals surface area contributed by atoms with E-state index in [1.165, 1.54) is 5.56 Å². The summed E-state index contributed by atoms with van der Waals surface area (Å²) in [6, 6.07) is 11.2. The third-order valence-corrected chi connectivity index (χ3v) is 5.92. The van der Waals surface area contributed by atoms with Crippen molar-refractivity contribution in [1.29, 1.82) is 0 Å². The topological polar surface area (TPSA) is 49.4 Å². The van der Waals surface area contributed by atoms with Crippen LogP contribution in [0.1, 0.15) is 31.9 Å². The van der Waals surface area contributed by atoms with Gasteiger partial charge in [0, 0.05) is 30.9 Å². The van der Waals surface area contributed by atoms with Crippen LogP contribution in [0.5, 0.6) is 0 Å². The number of piperazine rings is 1. The van der Waals surface area contributed by atoms with Crippen LogP contribution >= 0.6 is 0 Å². The van der Waals surface area contributed by atoms with Gasteiger partial charge in [-0.1, -0.05) is 37.3 Å². The van der Waals surface area contributed by atoms with Gasteiger partial charge in [0.15, 0.2) is 0 Å². The first-order valence-corrected chi connectivity index (χ1v) is 9.57. The minimum absolute atomic E-state index is 0.243. The highest BCUT2D eigenvalue weighted by Crippen LogP contribution is 2.23. The number of benzene rings is 1. The average Bonchev–Trinajstić information content (AvgIpc) is 2.48. The second kappa shape index (κ2) is 7.38. The van der Waals surface area contributed by atoms with E-state index in [1.807, 2.05) is 6.07 Å². The van der Waals surface area contributed by atoms with Crippen LogP contribution in [-0.4, -0.2) is 50.5 Å². The molecule has 0 radical (unpaired) electrons. The van der Waals surface area contributed by atoms with Gasteiger partial charge in [-0.2, -0.15) is 0 Å². The summed E-state index contributed by atoms with van der Waals surface area (Å²) in [6.45, 7) is 6.62. The smallest absolute Gasteiger partial charge is 0.150 e. The van der Waals surface area contributed by atoms with Crippen molar-refractivity contribution in [2.24, 2.45) is 0 Å². The van der Waals surface area contributed by atoms with Crippen LogP contribution < -0.4 is 5.32 Å². The van der Waals surface area contributed by atoms with E-state index in [9.17, 15) is 8.42 Å². The van der Waals surface area contributed by atoms with E-state index in [4.69, 9.17) is 0 Å². The van der Waals surface area contributed by atoms with Gasteiger partial charge >= 0.3 is 0 Å². The molecule has 0 bridgehead atoms. The molecular formula is C16H26N2O2S. The molecule has 0 aliphatic carbocycles. The van der Waals surface area contributed by atoms with Crippen molar-refractivity contribution in [3.8, 4) is 0 Å². The Balaban J connectivity index is 1.99. The Hall–Kier alpha value is -0.910. The van der Waals surface area contributed by atoms with E-state index >= 15 is 0 Å². The van der Waals surface area contributed by atoms with Crippen LogP contribution in [0.3, 0.4) is 0 Å². The van der Waals surface area contributed by atoms with Crippen LogP contribution in [0.15, 0.2) is 30.3 Å². The van der Waals surface area contributed by atoms with Crippen LogP contribution in [0.4, 0.5) is 0 Å². The maximum absolute atomic E-state index is 11.6. The predicted octanol–water partition coefficient (Wildman–Crippen LogP) is 1.85. The Morgan fingerprint density at radius 1 is 1.29 bits per heavy atom. The predicted molar refractivity (Wildman–Crippen MR) is 87.2 cm³/mol. The Kier molecular flexibility index (Phi) is 5.79. The summed E-state index contributed by atoms with van der Waals surface area (Å²) in [5.41, 5.74) is 1.30. The summed E-state index contributed by atoms with van der Waals surface area (Å²) < 4.78 is 23.3. The van der Waals surface area contributed by atoms with Crippen molar-refractivity contribution in [3.05, 3.63) is 35.9 Å². The number of nitrogens with one attached hydrogen (secondary N) is 1. The van der Waals surface area contributed by atoms with Gasteiger partial charge in [0.05, 0.1) is 5.75 Å². The molecule has 1 fully saturated rings. The quantitative estimate of drug-likeness (QED) is 0.871. The monoisotopic (exact) mass is 310 g/mol. The molecule has 5 heteroatoms. The zero-order chi connectivity index (χ0) is 15.3. The lowest BCUT2D eigenvalue weighted by atomic mass is 10.0. The molecule has 1 heterocycles.